The topological polar surface area (TPSA) is 78.9 Å². The first-order valence-electron chi connectivity index (χ1n) is 33.9. The molecule has 0 radical (unpaired) electrons. The van der Waals surface area contributed by atoms with Crippen LogP contribution in [0, 0.1) is 0 Å². The molecule has 0 saturated heterocycles. The highest BCUT2D eigenvalue weighted by atomic mass is 16.6. The van der Waals surface area contributed by atoms with Gasteiger partial charge in [-0.2, -0.15) is 0 Å². The van der Waals surface area contributed by atoms with Gasteiger partial charge >= 0.3 is 17.9 Å². The fourth-order valence-electron chi connectivity index (χ4n) is 9.88. The number of allylic oxidation sites excluding steroid dienone is 12. The van der Waals surface area contributed by atoms with Crippen LogP contribution in [0.3, 0.4) is 0 Å². The van der Waals surface area contributed by atoms with Crippen molar-refractivity contribution in [2.45, 2.75) is 354 Å². The minimum Gasteiger partial charge on any atom is -0.462 e. The van der Waals surface area contributed by atoms with Gasteiger partial charge < -0.3 is 14.2 Å². The second-order valence-corrected chi connectivity index (χ2v) is 22.7. The van der Waals surface area contributed by atoms with E-state index < -0.39 is 6.10 Å². The Morgan fingerprint density at radius 3 is 0.808 bits per heavy atom. The Balaban J connectivity index is 4.30. The number of hydrogen-bond acceptors (Lipinski definition) is 6. The largest absolute Gasteiger partial charge is 0.462 e. The van der Waals surface area contributed by atoms with Gasteiger partial charge in [0.05, 0.1) is 0 Å². The van der Waals surface area contributed by atoms with Crippen LogP contribution in [0.15, 0.2) is 72.9 Å². The highest BCUT2D eigenvalue weighted by Gasteiger charge is 2.19. The molecule has 0 aromatic carbocycles. The van der Waals surface area contributed by atoms with Crippen LogP contribution in [0.4, 0.5) is 0 Å². The van der Waals surface area contributed by atoms with Crippen molar-refractivity contribution in [3.05, 3.63) is 72.9 Å². The minimum atomic E-state index is -0.785. The van der Waals surface area contributed by atoms with Crippen molar-refractivity contribution in [3.63, 3.8) is 0 Å². The van der Waals surface area contributed by atoms with E-state index in [4.69, 9.17) is 14.2 Å². The van der Waals surface area contributed by atoms with Gasteiger partial charge in [-0.15, -0.1) is 0 Å². The maximum absolute atomic E-state index is 12.9. The van der Waals surface area contributed by atoms with E-state index in [1.807, 2.05) is 0 Å². The summed E-state index contributed by atoms with van der Waals surface area (Å²) in [5.41, 5.74) is 0. The first kappa shape index (κ1) is 74.8. The zero-order valence-electron chi connectivity index (χ0n) is 51.9. The Hall–Kier alpha value is -3.15. The summed E-state index contributed by atoms with van der Waals surface area (Å²) in [7, 11) is 0. The van der Waals surface area contributed by atoms with Crippen molar-refractivity contribution in [2.24, 2.45) is 0 Å². The summed E-state index contributed by atoms with van der Waals surface area (Å²) in [6, 6.07) is 0. The predicted molar refractivity (Wildman–Crippen MR) is 339 cm³/mol. The van der Waals surface area contributed by atoms with E-state index >= 15 is 0 Å². The lowest BCUT2D eigenvalue weighted by Gasteiger charge is -2.18. The number of carbonyl (C=O) groups excluding carboxylic acids is 3. The molecule has 0 aromatic heterocycles. The Bertz CT molecular complexity index is 1440. The summed E-state index contributed by atoms with van der Waals surface area (Å²) < 4.78 is 17.0. The van der Waals surface area contributed by atoms with Gasteiger partial charge in [0.1, 0.15) is 13.2 Å². The van der Waals surface area contributed by atoms with Crippen LogP contribution in [-0.2, 0) is 28.6 Å². The quantitative estimate of drug-likeness (QED) is 0.0261. The molecule has 0 amide bonds. The fourth-order valence-corrected chi connectivity index (χ4v) is 9.88. The zero-order chi connectivity index (χ0) is 56.4. The third-order valence-corrected chi connectivity index (χ3v) is 14.9. The second kappa shape index (κ2) is 66.4. The van der Waals surface area contributed by atoms with Crippen molar-refractivity contribution in [2.75, 3.05) is 13.2 Å². The van der Waals surface area contributed by atoms with Crippen LogP contribution in [0.1, 0.15) is 348 Å². The maximum Gasteiger partial charge on any atom is 0.306 e. The van der Waals surface area contributed by atoms with Crippen LogP contribution < -0.4 is 0 Å². The molecule has 6 heteroatoms. The van der Waals surface area contributed by atoms with Gasteiger partial charge in [0.15, 0.2) is 6.10 Å². The van der Waals surface area contributed by atoms with Gasteiger partial charge in [-0.1, -0.05) is 312 Å². The molecule has 0 aliphatic heterocycles. The third kappa shape index (κ3) is 63.7. The fraction of sp³-hybridized carbons (Fsp3) is 0.792. The molecule has 0 N–H and O–H groups in total. The van der Waals surface area contributed by atoms with Crippen LogP contribution >= 0.6 is 0 Å². The summed E-state index contributed by atoms with van der Waals surface area (Å²) in [6.07, 6.45) is 86.3. The van der Waals surface area contributed by atoms with Crippen molar-refractivity contribution < 1.29 is 28.6 Å². The van der Waals surface area contributed by atoms with Gasteiger partial charge in [-0.3, -0.25) is 14.4 Å². The molecule has 0 spiro atoms. The first-order valence-corrected chi connectivity index (χ1v) is 33.9. The SMILES string of the molecule is CC/C=C\C/C=C\C/C=C\C/C=C\C/C=C\CCCCCCCCCC(=O)OC(COC(=O)CCCCCCC/C=C\CCCCCC)COC(=O)CCCCCCCCCCCCCCCCCCCCCCCCCC. The highest BCUT2D eigenvalue weighted by Crippen LogP contribution is 2.18. The van der Waals surface area contributed by atoms with Crippen molar-refractivity contribution in [1.29, 1.82) is 0 Å². The molecule has 6 nitrogen and oxygen atoms in total. The summed E-state index contributed by atoms with van der Waals surface area (Å²) in [5, 5.41) is 0. The average molecular weight is 1090 g/mol. The molecule has 1 atom stereocenters. The average Bonchev–Trinajstić information content (AvgIpc) is 3.44. The van der Waals surface area contributed by atoms with E-state index in [0.29, 0.717) is 19.3 Å². The van der Waals surface area contributed by atoms with E-state index in [0.717, 1.165) is 103 Å². The number of hydrogen-bond donors (Lipinski definition) is 0. The van der Waals surface area contributed by atoms with E-state index in [2.05, 4.69) is 93.7 Å². The number of unbranched alkanes of at least 4 members (excludes halogenated alkanes) is 39. The molecule has 0 aromatic rings. The van der Waals surface area contributed by atoms with Crippen molar-refractivity contribution in [1.82, 2.24) is 0 Å². The van der Waals surface area contributed by atoms with Crippen LogP contribution in [0.2, 0.25) is 0 Å². The molecular weight excluding hydrogens is 961 g/mol. The van der Waals surface area contributed by atoms with Crippen LogP contribution in [0.25, 0.3) is 0 Å². The van der Waals surface area contributed by atoms with Crippen LogP contribution in [0.5, 0.6) is 0 Å². The maximum atomic E-state index is 12.9. The van der Waals surface area contributed by atoms with Crippen molar-refractivity contribution >= 4 is 17.9 Å². The summed E-state index contributed by atoms with van der Waals surface area (Å²) in [5.74, 6) is -0.881. The van der Waals surface area contributed by atoms with Gasteiger partial charge in [0.25, 0.3) is 0 Å². The number of esters is 3. The van der Waals surface area contributed by atoms with Crippen molar-refractivity contribution in [3.8, 4) is 0 Å². The van der Waals surface area contributed by atoms with E-state index in [9.17, 15) is 14.4 Å². The molecule has 0 saturated carbocycles. The second-order valence-electron chi connectivity index (χ2n) is 22.7. The summed E-state index contributed by atoms with van der Waals surface area (Å²) >= 11 is 0. The molecule has 0 rings (SSSR count). The normalized spacial score (nSPS) is 12.5. The molecule has 78 heavy (non-hydrogen) atoms. The van der Waals surface area contributed by atoms with E-state index in [1.54, 1.807) is 0 Å². The number of carbonyl (C=O) groups is 3. The molecule has 0 fully saturated rings. The summed E-state index contributed by atoms with van der Waals surface area (Å²) in [4.78, 5) is 38.4. The standard InChI is InChI=1S/C72H128O6/c1-4-7-10-13-16-19-22-25-27-29-31-33-35-37-38-40-42-44-47-50-53-56-59-62-65-71(74)77-68-69(67-76-70(73)64-61-58-55-52-49-46-24-21-18-15-12-9-6-3)78-72(75)66-63-60-57-54-51-48-45-43-41-39-36-34-32-30-28-26-23-20-17-14-11-8-5-2/h8,11,17,20-21,24,26,28,32,34,39,41,69H,4-7,9-10,12-16,18-19,22-23,25,27,29-31,33,35-38,40,42-68H2,1-3H3/b11-8-,20-17-,24-21-,28-26-,34-32-,41-39-. The first-order chi connectivity index (χ1) is 38.5. The smallest absolute Gasteiger partial charge is 0.306 e. The molecule has 0 aliphatic carbocycles. The molecule has 452 valence electrons. The van der Waals surface area contributed by atoms with Gasteiger partial charge in [-0.05, 0) is 89.9 Å². The lowest BCUT2D eigenvalue weighted by atomic mass is 10.0. The van der Waals surface area contributed by atoms with Crippen LogP contribution in [-0.4, -0.2) is 37.2 Å². The highest BCUT2D eigenvalue weighted by molar-refractivity contribution is 5.71. The lowest BCUT2D eigenvalue weighted by molar-refractivity contribution is -0.167. The monoisotopic (exact) mass is 1090 g/mol. The minimum absolute atomic E-state index is 0.0793. The van der Waals surface area contributed by atoms with E-state index in [1.165, 1.54) is 205 Å². The van der Waals surface area contributed by atoms with Gasteiger partial charge in [0.2, 0.25) is 0 Å². The molecule has 0 aliphatic rings. The zero-order valence-corrected chi connectivity index (χ0v) is 51.9. The predicted octanol–water partition coefficient (Wildman–Crippen LogP) is 23.3. The Morgan fingerprint density at radius 2 is 0.500 bits per heavy atom. The number of rotatable bonds is 62. The van der Waals surface area contributed by atoms with Gasteiger partial charge in [0, 0.05) is 19.3 Å². The van der Waals surface area contributed by atoms with Gasteiger partial charge in [-0.25, -0.2) is 0 Å². The molecule has 0 bridgehead atoms. The lowest BCUT2D eigenvalue weighted by Crippen LogP contribution is -2.30. The Morgan fingerprint density at radius 1 is 0.269 bits per heavy atom. The van der Waals surface area contributed by atoms with E-state index in [-0.39, 0.29) is 31.1 Å². The number of ether oxygens (including phenoxy) is 3. The molecular formula is C72H128O6. The Labute approximate surface area is 484 Å². The summed E-state index contributed by atoms with van der Waals surface area (Å²) in [6.45, 7) is 6.55. The third-order valence-electron chi connectivity index (χ3n) is 14.9. The molecule has 0 heterocycles. The molecule has 1 unspecified atom stereocenters. The Kier molecular flexibility index (Phi) is 63.7.